The van der Waals surface area contributed by atoms with Crippen LogP contribution in [0.3, 0.4) is 0 Å². The van der Waals surface area contributed by atoms with E-state index < -0.39 is 0 Å². The summed E-state index contributed by atoms with van der Waals surface area (Å²) in [4.78, 5) is 0. The third kappa shape index (κ3) is 3.58. The number of rotatable bonds is 6. The summed E-state index contributed by atoms with van der Waals surface area (Å²) in [6.45, 7) is 5.46. The molecule has 0 radical (unpaired) electrons. The maximum absolute atomic E-state index is 5.57. The van der Waals surface area contributed by atoms with E-state index in [1.165, 1.54) is 17.3 Å². The summed E-state index contributed by atoms with van der Waals surface area (Å²) in [5, 5.41) is 8.63. The Kier molecular flexibility index (Phi) is 4.78. The lowest BCUT2D eigenvalue weighted by Gasteiger charge is -1.97. The van der Waals surface area contributed by atoms with Crippen molar-refractivity contribution in [1.29, 1.82) is 0 Å². The van der Waals surface area contributed by atoms with Gasteiger partial charge in [-0.2, -0.15) is 0 Å². The molecule has 0 N–H and O–H groups in total. The average molecular weight is 264 g/mol. The Labute approximate surface area is 111 Å². The number of hydrogen-bond acceptors (Lipinski definition) is 5. The van der Waals surface area contributed by atoms with Crippen molar-refractivity contribution in [3.8, 4) is 11.5 Å². The Hall–Kier alpha value is -1.33. The van der Waals surface area contributed by atoms with Crippen molar-refractivity contribution in [1.82, 2.24) is 10.2 Å². The normalized spacial score (nSPS) is 10.8. The smallest absolute Gasteiger partial charge is 0.276 e. The maximum atomic E-state index is 5.57. The van der Waals surface area contributed by atoms with Gasteiger partial charge in [-0.1, -0.05) is 29.5 Å². The van der Waals surface area contributed by atoms with Crippen LogP contribution in [0, 0.1) is 6.92 Å². The molecule has 0 saturated carbocycles. The minimum absolute atomic E-state index is 0.564. The maximum Gasteiger partial charge on any atom is 0.276 e. The van der Waals surface area contributed by atoms with Gasteiger partial charge in [-0.05, 0) is 26.0 Å². The highest BCUT2D eigenvalue weighted by Crippen LogP contribution is 2.23. The summed E-state index contributed by atoms with van der Waals surface area (Å²) < 4.78 is 10.8. The quantitative estimate of drug-likeness (QED) is 0.592. The molecule has 0 saturated heterocycles. The molecular formula is C13H16N2O2S. The van der Waals surface area contributed by atoms with Gasteiger partial charge < -0.3 is 9.15 Å². The van der Waals surface area contributed by atoms with Crippen LogP contribution in [-0.2, 0) is 4.74 Å². The molecule has 0 bridgehead atoms. The molecular weight excluding hydrogens is 248 g/mol. The lowest BCUT2D eigenvalue weighted by atomic mass is 10.1. The number of thioether (sulfide) groups is 1. The van der Waals surface area contributed by atoms with Crippen LogP contribution in [0.15, 0.2) is 33.9 Å². The highest BCUT2D eigenvalue weighted by molar-refractivity contribution is 7.99. The molecule has 0 fully saturated rings. The molecule has 0 amide bonds. The molecule has 18 heavy (non-hydrogen) atoms. The van der Waals surface area contributed by atoms with Crippen LogP contribution in [0.2, 0.25) is 0 Å². The molecule has 0 unspecified atom stereocenters. The number of aromatic nitrogens is 2. The van der Waals surface area contributed by atoms with Gasteiger partial charge in [0.05, 0.1) is 6.61 Å². The molecule has 2 rings (SSSR count). The van der Waals surface area contributed by atoms with Gasteiger partial charge in [-0.3, -0.25) is 0 Å². The van der Waals surface area contributed by atoms with E-state index >= 15 is 0 Å². The van der Waals surface area contributed by atoms with Crippen LogP contribution in [0.4, 0.5) is 0 Å². The summed E-state index contributed by atoms with van der Waals surface area (Å²) in [7, 11) is 0. The fourth-order valence-electron chi connectivity index (χ4n) is 1.41. The van der Waals surface area contributed by atoms with Gasteiger partial charge in [-0.15, -0.1) is 10.2 Å². The molecule has 1 aromatic carbocycles. The van der Waals surface area contributed by atoms with Gasteiger partial charge >= 0.3 is 0 Å². The summed E-state index contributed by atoms with van der Waals surface area (Å²) in [5.41, 5.74) is 2.16. The standard InChI is InChI=1S/C13H16N2O2S/c1-3-16-8-9-18-13-15-14-12(17-13)11-6-4-10(2)5-7-11/h4-7H,3,8-9H2,1-2H3. The van der Waals surface area contributed by atoms with Gasteiger partial charge in [0.2, 0.25) is 5.89 Å². The van der Waals surface area contributed by atoms with Gasteiger partial charge in [0.25, 0.3) is 5.22 Å². The number of hydrogen-bond donors (Lipinski definition) is 0. The van der Waals surface area contributed by atoms with Gasteiger partial charge in [0.1, 0.15) is 0 Å². The first-order valence-electron chi connectivity index (χ1n) is 5.90. The minimum Gasteiger partial charge on any atom is -0.411 e. The largest absolute Gasteiger partial charge is 0.411 e. The molecule has 0 aliphatic rings. The van der Waals surface area contributed by atoms with E-state index in [9.17, 15) is 0 Å². The first-order chi connectivity index (χ1) is 8.79. The molecule has 4 nitrogen and oxygen atoms in total. The Balaban J connectivity index is 1.95. The van der Waals surface area contributed by atoms with E-state index in [2.05, 4.69) is 10.2 Å². The molecule has 2 aromatic rings. The van der Waals surface area contributed by atoms with Crippen molar-refractivity contribution < 1.29 is 9.15 Å². The first-order valence-corrected chi connectivity index (χ1v) is 6.89. The second-order valence-corrected chi connectivity index (χ2v) is 4.83. The van der Waals surface area contributed by atoms with E-state index in [1.54, 1.807) is 0 Å². The average Bonchev–Trinajstić information content (AvgIpc) is 2.84. The van der Waals surface area contributed by atoms with E-state index in [1.807, 2.05) is 38.1 Å². The van der Waals surface area contributed by atoms with E-state index in [4.69, 9.17) is 9.15 Å². The number of aryl methyl sites for hydroxylation is 1. The van der Waals surface area contributed by atoms with E-state index in [0.29, 0.717) is 17.7 Å². The zero-order chi connectivity index (χ0) is 12.8. The van der Waals surface area contributed by atoms with Crippen LogP contribution in [0.25, 0.3) is 11.5 Å². The summed E-state index contributed by atoms with van der Waals surface area (Å²) in [5.74, 6) is 1.39. The molecule has 0 atom stereocenters. The number of benzene rings is 1. The summed E-state index contributed by atoms with van der Waals surface area (Å²) in [6, 6.07) is 8.03. The number of nitrogens with zero attached hydrogens (tertiary/aromatic N) is 2. The van der Waals surface area contributed by atoms with Gasteiger partial charge in [0.15, 0.2) is 0 Å². The van der Waals surface area contributed by atoms with E-state index in [0.717, 1.165) is 17.9 Å². The third-order valence-electron chi connectivity index (χ3n) is 2.36. The lowest BCUT2D eigenvalue weighted by Crippen LogP contribution is -1.95. The van der Waals surface area contributed by atoms with Gasteiger partial charge in [-0.25, -0.2) is 0 Å². The molecule has 0 spiro atoms. The van der Waals surface area contributed by atoms with Crippen molar-refractivity contribution in [2.45, 2.75) is 19.1 Å². The van der Waals surface area contributed by atoms with Crippen molar-refractivity contribution in [3.05, 3.63) is 29.8 Å². The minimum atomic E-state index is 0.564. The lowest BCUT2D eigenvalue weighted by molar-refractivity contribution is 0.164. The zero-order valence-corrected chi connectivity index (χ0v) is 11.4. The van der Waals surface area contributed by atoms with E-state index in [-0.39, 0.29) is 0 Å². The van der Waals surface area contributed by atoms with Crippen LogP contribution in [-0.4, -0.2) is 29.2 Å². The topological polar surface area (TPSA) is 48.2 Å². The van der Waals surface area contributed by atoms with Crippen LogP contribution < -0.4 is 0 Å². The SMILES string of the molecule is CCOCCSc1nnc(-c2ccc(C)cc2)o1. The fraction of sp³-hybridized carbons (Fsp3) is 0.385. The highest BCUT2D eigenvalue weighted by Gasteiger charge is 2.08. The summed E-state index contributed by atoms with van der Waals surface area (Å²) >= 11 is 1.51. The number of ether oxygens (including phenoxy) is 1. The Morgan fingerprint density at radius 2 is 2.00 bits per heavy atom. The first kappa shape index (κ1) is 13.1. The molecule has 0 aliphatic carbocycles. The molecule has 1 aromatic heterocycles. The zero-order valence-electron chi connectivity index (χ0n) is 10.5. The van der Waals surface area contributed by atoms with Gasteiger partial charge in [0, 0.05) is 17.9 Å². The van der Waals surface area contributed by atoms with Crippen molar-refractivity contribution in [3.63, 3.8) is 0 Å². The highest BCUT2D eigenvalue weighted by atomic mass is 32.2. The Bertz CT molecular complexity index is 482. The second kappa shape index (κ2) is 6.56. The monoisotopic (exact) mass is 264 g/mol. The fourth-order valence-corrected chi connectivity index (χ4v) is 2.03. The second-order valence-electron chi connectivity index (χ2n) is 3.78. The Morgan fingerprint density at radius 3 is 2.72 bits per heavy atom. The molecule has 1 heterocycles. The van der Waals surface area contributed by atoms with Crippen LogP contribution >= 0.6 is 11.8 Å². The third-order valence-corrected chi connectivity index (χ3v) is 3.15. The predicted molar refractivity (Wildman–Crippen MR) is 71.7 cm³/mol. The van der Waals surface area contributed by atoms with Crippen molar-refractivity contribution >= 4 is 11.8 Å². The van der Waals surface area contributed by atoms with Crippen molar-refractivity contribution in [2.75, 3.05) is 19.0 Å². The van der Waals surface area contributed by atoms with Crippen molar-refractivity contribution in [2.24, 2.45) is 0 Å². The predicted octanol–water partition coefficient (Wildman–Crippen LogP) is 3.17. The van der Waals surface area contributed by atoms with Crippen LogP contribution in [0.5, 0.6) is 0 Å². The molecule has 0 aliphatic heterocycles. The Morgan fingerprint density at radius 1 is 1.22 bits per heavy atom. The molecule has 5 heteroatoms. The summed E-state index contributed by atoms with van der Waals surface area (Å²) in [6.07, 6.45) is 0. The van der Waals surface area contributed by atoms with Crippen LogP contribution in [0.1, 0.15) is 12.5 Å². The molecule has 96 valence electrons.